The Labute approximate surface area is 306 Å². The van der Waals surface area contributed by atoms with E-state index in [1.807, 2.05) is 13.8 Å². The molecule has 1 fully saturated rings. The fourth-order valence-electron chi connectivity index (χ4n) is 6.56. The van der Waals surface area contributed by atoms with Gasteiger partial charge >= 0.3 is 0 Å². The summed E-state index contributed by atoms with van der Waals surface area (Å²) in [4.78, 5) is 54.7. The number of nitrogens with zero attached hydrogens (tertiary/aromatic N) is 5. The van der Waals surface area contributed by atoms with E-state index in [1.54, 1.807) is 0 Å². The van der Waals surface area contributed by atoms with Crippen LogP contribution in [0.5, 0.6) is 0 Å². The molecule has 0 atom stereocenters. The topological polar surface area (TPSA) is 168 Å². The van der Waals surface area contributed by atoms with Crippen molar-refractivity contribution in [2.24, 2.45) is 5.41 Å². The average Bonchev–Trinajstić information content (AvgIpc) is 3.68. The van der Waals surface area contributed by atoms with Crippen molar-refractivity contribution in [1.29, 1.82) is 0 Å². The summed E-state index contributed by atoms with van der Waals surface area (Å²) >= 11 is 0. The number of pyridine rings is 1. The fraction of sp³-hybridized carbons (Fsp3) is 0.605. The number of imidazole rings is 1. The van der Waals surface area contributed by atoms with Crippen LogP contribution in [-0.4, -0.2) is 127 Å². The zero-order valence-electron chi connectivity index (χ0n) is 31.5. The molecule has 0 spiro atoms. The number of amides is 3. The Bertz CT molecular complexity index is 1710. The Kier molecular flexibility index (Phi) is 13.2. The number of aromatic amines is 1. The number of aromatic nitrogens is 3. The number of rotatable bonds is 20. The van der Waals surface area contributed by atoms with Gasteiger partial charge in [-0.2, -0.15) is 0 Å². The lowest BCUT2D eigenvalue weighted by atomic mass is 9.92. The molecule has 2 aliphatic heterocycles. The quantitative estimate of drug-likeness (QED) is 0.116. The van der Waals surface area contributed by atoms with Crippen LogP contribution in [0.2, 0.25) is 0 Å². The maximum Gasteiger partial charge on any atom is 0.253 e. The lowest BCUT2D eigenvalue weighted by molar-refractivity contribution is -0.138. The molecule has 14 heteroatoms. The van der Waals surface area contributed by atoms with E-state index in [1.165, 1.54) is 17.8 Å². The lowest BCUT2D eigenvalue weighted by Gasteiger charge is -2.40. The SMILES string of the molecule is CCCCc1nc2c([nH]1)c(N)nc1ccc(N3CCN(CC(C)(C)COC(C)(C)CC(=O)NCCOCCOCCN4C(=O)C=CC4=O)CC3)cc12. The number of carbonyl (C=O) groups excluding carboxylic acids is 3. The van der Waals surface area contributed by atoms with Crippen molar-refractivity contribution in [3.8, 4) is 0 Å². The Hall–Kier alpha value is -4.11. The van der Waals surface area contributed by atoms with Crippen LogP contribution in [0.3, 0.4) is 0 Å². The molecule has 52 heavy (non-hydrogen) atoms. The fourth-order valence-corrected chi connectivity index (χ4v) is 6.56. The average molecular weight is 721 g/mol. The number of carbonyl (C=O) groups is 3. The van der Waals surface area contributed by atoms with Crippen LogP contribution in [0, 0.1) is 5.41 Å². The third kappa shape index (κ3) is 10.7. The molecule has 284 valence electrons. The van der Waals surface area contributed by atoms with Crippen molar-refractivity contribution in [3.05, 3.63) is 36.2 Å². The molecule has 0 radical (unpaired) electrons. The highest BCUT2D eigenvalue weighted by molar-refractivity contribution is 6.12. The number of H-pyrrole nitrogens is 1. The van der Waals surface area contributed by atoms with E-state index < -0.39 is 5.60 Å². The van der Waals surface area contributed by atoms with E-state index in [4.69, 9.17) is 24.9 Å². The van der Waals surface area contributed by atoms with Crippen molar-refractivity contribution >= 4 is 51.2 Å². The summed E-state index contributed by atoms with van der Waals surface area (Å²) in [5.41, 5.74) is 9.32. The molecule has 0 saturated carbocycles. The number of imide groups is 1. The predicted molar refractivity (Wildman–Crippen MR) is 202 cm³/mol. The van der Waals surface area contributed by atoms with Gasteiger partial charge in [0.1, 0.15) is 22.7 Å². The highest BCUT2D eigenvalue weighted by Crippen LogP contribution is 2.31. The van der Waals surface area contributed by atoms with Crippen molar-refractivity contribution in [2.75, 3.05) is 89.5 Å². The smallest absolute Gasteiger partial charge is 0.253 e. The first-order valence-electron chi connectivity index (χ1n) is 18.5. The minimum absolute atomic E-state index is 0.0924. The third-order valence-corrected chi connectivity index (χ3v) is 9.38. The number of hydrogen-bond acceptors (Lipinski definition) is 11. The van der Waals surface area contributed by atoms with Crippen molar-refractivity contribution in [1.82, 2.24) is 30.1 Å². The monoisotopic (exact) mass is 720 g/mol. The summed E-state index contributed by atoms with van der Waals surface area (Å²) in [6, 6.07) is 6.39. The molecule has 2 aliphatic rings. The summed E-state index contributed by atoms with van der Waals surface area (Å²) in [5, 5.41) is 3.92. The molecule has 0 bridgehead atoms. The number of nitrogens with two attached hydrogens (primary N) is 1. The number of piperazine rings is 1. The molecule has 4 N–H and O–H groups in total. The van der Waals surface area contributed by atoms with Gasteiger partial charge in [0.2, 0.25) is 5.91 Å². The van der Waals surface area contributed by atoms with Crippen LogP contribution in [0.1, 0.15) is 59.7 Å². The largest absolute Gasteiger partial charge is 0.382 e. The molecule has 0 aliphatic carbocycles. The van der Waals surface area contributed by atoms with E-state index >= 15 is 0 Å². The molecule has 1 saturated heterocycles. The standard InChI is InChI=1S/C38H56N8O6/c1-6-7-8-30-42-34-28-23-27(9-10-29(28)41-36(39)35(34)43-30)45-16-14-44(15-17-45)25-37(2,3)26-52-38(4,5)24-31(47)40-13-19-50-21-22-51-20-18-46-32(48)11-12-33(46)49/h9-12,23H,6-8,13-22,24-26H2,1-5H3,(H2,39,41)(H,40,47)(H,42,43). The molecule has 5 rings (SSSR count). The van der Waals surface area contributed by atoms with Crippen LogP contribution < -0.4 is 16.0 Å². The number of aryl methyl sites for hydroxylation is 1. The van der Waals surface area contributed by atoms with Crippen LogP contribution in [0.25, 0.3) is 21.9 Å². The maximum absolute atomic E-state index is 12.6. The van der Waals surface area contributed by atoms with Gasteiger partial charge in [-0.15, -0.1) is 0 Å². The molecule has 3 aromatic rings. The van der Waals surface area contributed by atoms with Gasteiger partial charge in [0.15, 0.2) is 0 Å². The summed E-state index contributed by atoms with van der Waals surface area (Å²) in [5.74, 6) is 0.716. The Morgan fingerprint density at radius 2 is 1.69 bits per heavy atom. The summed E-state index contributed by atoms with van der Waals surface area (Å²) in [6.07, 6.45) is 5.83. The third-order valence-electron chi connectivity index (χ3n) is 9.38. The maximum atomic E-state index is 12.6. The van der Waals surface area contributed by atoms with Gasteiger partial charge < -0.3 is 35.1 Å². The van der Waals surface area contributed by atoms with Crippen LogP contribution >= 0.6 is 0 Å². The molecule has 3 amide bonds. The summed E-state index contributed by atoms with van der Waals surface area (Å²) in [6.45, 7) is 17.5. The molecular weight excluding hydrogens is 664 g/mol. The second-order valence-electron chi connectivity index (χ2n) is 15.1. The molecule has 14 nitrogen and oxygen atoms in total. The normalized spacial score (nSPS) is 15.9. The number of benzene rings is 1. The highest BCUT2D eigenvalue weighted by atomic mass is 16.5. The molecule has 2 aromatic heterocycles. The van der Waals surface area contributed by atoms with Crippen LogP contribution in [0.15, 0.2) is 30.4 Å². The zero-order chi connectivity index (χ0) is 37.3. The lowest BCUT2D eigenvalue weighted by Crippen LogP contribution is -2.50. The van der Waals surface area contributed by atoms with Gasteiger partial charge in [-0.3, -0.25) is 24.2 Å². The Balaban J connectivity index is 0.981. The van der Waals surface area contributed by atoms with Gasteiger partial charge in [0, 0.05) is 74.3 Å². The van der Waals surface area contributed by atoms with Gasteiger partial charge in [-0.25, -0.2) is 9.97 Å². The molecule has 4 heterocycles. The highest BCUT2D eigenvalue weighted by Gasteiger charge is 2.30. The minimum atomic E-state index is -0.617. The minimum Gasteiger partial charge on any atom is -0.382 e. The number of nitrogen functional groups attached to an aromatic ring is 1. The Morgan fingerprint density at radius 1 is 0.981 bits per heavy atom. The second kappa shape index (κ2) is 17.6. The van der Waals surface area contributed by atoms with E-state index in [0.717, 1.165) is 84.6 Å². The van der Waals surface area contributed by atoms with E-state index in [9.17, 15) is 14.4 Å². The predicted octanol–water partition coefficient (Wildman–Crippen LogP) is 3.44. The van der Waals surface area contributed by atoms with Gasteiger partial charge in [-0.1, -0.05) is 27.2 Å². The number of hydrogen-bond donors (Lipinski definition) is 3. The first kappa shape index (κ1) is 39.1. The van der Waals surface area contributed by atoms with Crippen molar-refractivity contribution in [2.45, 2.75) is 65.9 Å². The summed E-state index contributed by atoms with van der Waals surface area (Å²) in [7, 11) is 0. The number of fused-ring (bicyclic) bond motifs is 3. The molecule has 1 aromatic carbocycles. The van der Waals surface area contributed by atoms with E-state index in [-0.39, 0.29) is 42.7 Å². The number of ether oxygens (including phenoxy) is 3. The van der Waals surface area contributed by atoms with Gasteiger partial charge in [-0.05, 0) is 38.5 Å². The van der Waals surface area contributed by atoms with E-state index in [2.05, 4.69) is 64.1 Å². The van der Waals surface area contributed by atoms with Gasteiger partial charge in [0.25, 0.3) is 11.8 Å². The number of nitrogens with one attached hydrogen (secondary N) is 2. The summed E-state index contributed by atoms with van der Waals surface area (Å²) < 4.78 is 17.3. The molecule has 0 unspecified atom stereocenters. The van der Waals surface area contributed by atoms with Crippen molar-refractivity contribution in [3.63, 3.8) is 0 Å². The first-order chi connectivity index (χ1) is 24.8. The van der Waals surface area contributed by atoms with Crippen LogP contribution in [0.4, 0.5) is 11.5 Å². The first-order valence-corrected chi connectivity index (χ1v) is 18.5. The second-order valence-corrected chi connectivity index (χ2v) is 15.1. The van der Waals surface area contributed by atoms with E-state index in [0.29, 0.717) is 38.8 Å². The Morgan fingerprint density at radius 3 is 2.40 bits per heavy atom. The molecular formula is C38H56N8O6. The zero-order valence-corrected chi connectivity index (χ0v) is 31.5. The number of anilines is 2. The van der Waals surface area contributed by atoms with Crippen molar-refractivity contribution < 1.29 is 28.6 Å². The number of unbranched alkanes of at least 4 members (excludes halogenated alkanes) is 1. The van der Waals surface area contributed by atoms with Crippen LogP contribution in [-0.2, 0) is 35.0 Å². The van der Waals surface area contributed by atoms with Gasteiger partial charge in [0.05, 0.1) is 57.1 Å².